The molecule has 0 aromatic heterocycles. The number of methoxy groups -OCH3 is 1. The van der Waals surface area contributed by atoms with E-state index in [-0.39, 0.29) is 6.10 Å². The third-order valence-corrected chi connectivity index (χ3v) is 4.25. The summed E-state index contributed by atoms with van der Waals surface area (Å²) in [5.41, 5.74) is 1.22. The highest BCUT2D eigenvalue weighted by Gasteiger charge is 2.30. The summed E-state index contributed by atoms with van der Waals surface area (Å²) in [5, 5.41) is 2.33. The maximum Gasteiger partial charge on any atom is 0.126 e. The molecule has 1 fully saturated rings. The number of hydrogen-bond acceptors (Lipinski definition) is 2. The summed E-state index contributed by atoms with van der Waals surface area (Å²) in [5.74, 6) is 1.95. The second kappa shape index (κ2) is 5.40. The van der Waals surface area contributed by atoms with Crippen LogP contribution in [0.3, 0.4) is 0 Å². The molecule has 2 unspecified atom stereocenters. The van der Waals surface area contributed by atoms with Crippen molar-refractivity contribution in [2.24, 2.45) is 5.92 Å². The van der Waals surface area contributed by atoms with Crippen molar-refractivity contribution in [1.29, 1.82) is 0 Å². The van der Waals surface area contributed by atoms with Crippen LogP contribution >= 0.6 is 11.6 Å². The van der Waals surface area contributed by atoms with Gasteiger partial charge in [-0.05, 0) is 23.4 Å². The Labute approximate surface area is 118 Å². The van der Waals surface area contributed by atoms with Crippen LogP contribution in [0.2, 0.25) is 0 Å². The van der Waals surface area contributed by atoms with Crippen LogP contribution in [0.4, 0.5) is 0 Å². The minimum absolute atomic E-state index is 0.105. The number of halogens is 1. The van der Waals surface area contributed by atoms with Crippen molar-refractivity contribution in [3.63, 3.8) is 0 Å². The molecule has 2 aromatic carbocycles. The molecule has 0 aliphatic carbocycles. The summed E-state index contributed by atoms with van der Waals surface area (Å²) in [4.78, 5) is 0. The lowest BCUT2D eigenvalue weighted by Crippen LogP contribution is -2.09. The summed E-state index contributed by atoms with van der Waals surface area (Å²) in [6.07, 6.45) is 1.14. The highest BCUT2D eigenvalue weighted by atomic mass is 35.5. The van der Waals surface area contributed by atoms with Crippen LogP contribution in [-0.4, -0.2) is 19.6 Å². The topological polar surface area (TPSA) is 18.5 Å². The molecule has 0 spiro atoms. The molecule has 2 atom stereocenters. The first-order valence-electron chi connectivity index (χ1n) is 6.58. The molecule has 1 aliphatic heterocycles. The Bertz CT molecular complexity index is 582. The van der Waals surface area contributed by atoms with Crippen LogP contribution in [0.15, 0.2) is 36.4 Å². The van der Waals surface area contributed by atoms with E-state index in [1.165, 1.54) is 10.9 Å². The van der Waals surface area contributed by atoms with Gasteiger partial charge in [0.2, 0.25) is 0 Å². The van der Waals surface area contributed by atoms with E-state index in [9.17, 15) is 0 Å². The van der Waals surface area contributed by atoms with Crippen molar-refractivity contribution >= 4 is 22.4 Å². The number of ether oxygens (including phenoxy) is 2. The molecule has 0 amide bonds. The van der Waals surface area contributed by atoms with Crippen molar-refractivity contribution in [1.82, 2.24) is 0 Å². The number of benzene rings is 2. The second-order valence-corrected chi connectivity index (χ2v) is 5.21. The molecule has 1 heterocycles. The Morgan fingerprint density at radius 3 is 2.74 bits per heavy atom. The van der Waals surface area contributed by atoms with Crippen LogP contribution in [0, 0.1) is 5.92 Å². The van der Waals surface area contributed by atoms with Gasteiger partial charge in [0.15, 0.2) is 0 Å². The lowest BCUT2D eigenvalue weighted by molar-refractivity contribution is 0.0963. The summed E-state index contributed by atoms with van der Waals surface area (Å²) < 4.78 is 11.3. The van der Waals surface area contributed by atoms with E-state index in [2.05, 4.69) is 24.3 Å². The molecule has 3 rings (SSSR count). The van der Waals surface area contributed by atoms with Gasteiger partial charge >= 0.3 is 0 Å². The molecule has 1 saturated heterocycles. The SMILES string of the molecule is COc1ccc(C2OCCC2CCl)c2ccccc12. The van der Waals surface area contributed by atoms with Crippen LogP contribution in [0.25, 0.3) is 10.8 Å². The molecule has 19 heavy (non-hydrogen) atoms. The van der Waals surface area contributed by atoms with Gasteiger partial charge < -0.3 is 9.47 Å². The number of fused-ring (bicyclic) bond motifs is 1. The molecule has 0 bridgehead atoms. The van der Waals surface area contributed by atoms with E-state index in [0.29, 0.717) is 11.8 Å². The van der Waals surface area contributed by atoms with Crippen LogP contribution in [-0.2, 0) is 4.74 Å². The first-order chi connectivity index (χ1) is 9.35. The lowest BCUT2D eigenvalue weighted by Gasteiger charge is -2.19. The van der Waals surface area contributed by atoms with E-state index in [0.717, 1.165) is 24.2 Å². The zero-order valence-electron chi connectivity index (χ0n) is 10.9. The van der Waals surface area contributed by atoms with Crippen molar-refractivity contribution in [2.45, 2.75) is 12.5 Å². The fourth-order valence-electron chi connectivity index (χ4n) is 2.86. The van der Waals surface area contributed by atoms with Gasteiger partial charge in [0, 0.05) is 23.8 Å². The molecule has 2 aromatic rings. The monoisotopic (exact) mass is 276 g/mol. The summed E-state index contributed by atoms with van der Waals surface area (Å²) in [6.45, 7) is 0.794. The van der Waals surface area contributed by atoms with E-state index >= 15 is 0 Å². The zero-order chi connectivity index (χ0) is 13.2. The molecule has 0 radical (unpaired) electrons. The third-order valence-electron chi connectivity index (χ3n) is 3.86. The summed E-state index contributed by atoms with van der Waals surface area (Å²) in [7, 11) is 1.70. The van der Waals surface area contributed by atoms with Crippen molar-refractivity contribution < 1.29 is 9.47 Å². The first-order valence-corrected chi connectivity index (χ1v) is 7.12. The van der Waals surface area contributed by atoms with Gasteiger partial charge in [0.05, 0.1) is 13.2 Å². The average Bonchev–Trinajstić information content (AvgIpc) is 2.94. The van der Waals surface area contributed by atoms with Gasteiger partial charge in [-0.25, -0.2) is 0 Å². The zero-order valence-corrected chi connectivity index (χ0v) is 11.7. The Morgan fingerprint density at radius 1 is 1.21 bits per heavy atom. The Hall–Kier alpha value is -1.25. The van der Waals surface area contributed by atoms with Gasteiger partial charge in [0.25, 0.3) is 0 Å². The van der Waals surface area contributed by atoms with Gasteiger partial charge in [-0.3, -0.25) is 0 Å². The fraction of sp³-hybridized carbons (Fsp3) is 0.375. The van der Waals surface area contributed by atoms with E-state index < -0.39 is 0 Å². The molecule has 1 aliphatic rings. The maximum atomic E-state index is 6.06. The van der Waals surface area contributed by atoms with E-state index in [4.69, 9.17) is 21.1 Å². The molecule has 100 valence electrons. The molecule has 2 nitrogen and oxygen atoms in total. The van der Waals surface area contributed by atoms with Gasteiger partial charge in [-0.15, -0.1) is 11.6 Å². The quantitative estimate of drug-likeness (QED) is 0.784. The number of hydrogen-bond donors (Lipinski definition) is 0. The standard InChI is InChI=1S/C16H17ClO2/c1-18-15-7-6-14(12-4-2-3-5-13(12)15)16-11(10-17)8-9-19-16/h2-7,11,16H,8-10H2,1H3. The third kappa shape index (κ3) is 2.19. The minimum atomic E-state index is 0.105. The van der Waals surface area contributed by atoms with E-state index in [1.54, 1.807) is 7.11 Å². The molecular formula is C16H17ClO2. The Morgan fingerprint density at radius 2 is 2.00 bits per heavy atom. The predicted molar refractivity (Wildman–Crippen MR) is 78.0 cm³/mol. The van der Waals surface area contributed by atoms with E-state index in [1.807, 2.05) is 12.1 Å². The van der Waals surface area contributed by atoms with Crippen LogP contribution in [0.1, 0.15) is 18.1 Å². The summed E-state index contributed by atoms with van der Waals surface area (Å²) >= 11 is 6.06. The fourth-order valence-corrected chi connectivity index (χ4v) is 3.17. The van der Waals surface area contributed by atoms with Gasteiger partial charge in [0.1, 0.15) is 5.75 Å². The second-order valence-electron chi connectivity index (χ2n) is 4.90. The highest BCUT2D eigenvalue weighted by Crippen LogP contribution is 2.40. The van der Waals surface area contributed by atoms with Crippen molar-refractivity contribution in [3.05, 3.63) is 42.0 Å². The number of alkyl halides is 1. The van der Waals surface area contributed by atoms with Crippen LogP contribution in [0.5, 0.6) is 5.75 Å². The Kier molecular flexibility index (Phi) is 3.63. The molecular weight excluding hydrogens is 260 g/mol. The predicted octanol–water partition coefficient (Wildman–Crippen LogP) is 4.16. The average molecular weight is 277 g/mol. The molecule has 3 heteroatoms. The first kappa shape index (κ1) is 12.8. The summed E-state index contributed by atoms with van der Waals surface area (Å²) in [6, 6.07) is 12.4. The molecule has 0 saturated carbocycles. The van der Waals surface area contributed by atoms with Crippen LogP contribution < -0.4 is 4.74 Å². The largest absolute Gasteiger partial charge is 0.496 e. The van der Waals surface area contributed by atoms with Gasteiger partial charge in [-0.1, -0.05) is 30.3 Å². The minimum Gasteiger partial charge on any atom is -0.496 e. The van der Waals surface area contributed by atoms with Crippen molar-refractivity contribution in [3.8, 4) is 5.75 Å². The highest BCUT2D eigenvalue weighted by molar-refractivity contribution is 6.18. The Balaban J connectivity index is 2.14. The van der Waals surface area contributed by atoms with Gasteiger partial charge in [-0.2, -0.15) is 0 Å². The lowest BCUT2D eigenvalue weighted by atomic mass is 9.92. The normalized spacial score (nSPS) is 22.8. The smallest absolute Gasteiger partial charge is 0.126 e. The molecule has 0 N–H and O–H groups in total. The maximum absolute atomic E-state index is 6.06. The van der Waals surface area contributed by atoms with Crippen molar-refractivity contribution in [2.75, 3.05) is 19.6 Å². The number of rotatable bonds is 3.